The molecule has 2 aromatic rings. The van der Waals surface area contributed by atoms with Gasteiger partial charge in [-0.05, 0) is 40.8 Å². The van der Waals surface area contributed by atoms with E-state index in [1.165, 1.54) is 11.3 Å². The highest BCUT2D eigenvalue weighted by Crippen LogP contribution is 2.31. The molecule has 1 unspecified atom stereocenters. The summed E-state index contributed by atoms with van der Waals surface area (Å²) in [6, 6.07) is 5.53. The van der Waals surface area contributed by atoms with Gasteiger partial charge in [-0.1, -0.05) is 0 Å². The van der Waals surface area contributed by atoms with E-state index in [4.69, 9.17) is 5.11 Å². The fourth-order valence-corrected chi connectivity index (χ4v) is 2.23. The molecule has 0 fully saturated rings. The number of rotatable bonds is 3. The fraction of sp³-hybridized carbons (Fsp3) is 0.0833. The van der Waals surface area contributed by atoms with Crippen LogP contribution in [0.3, 0.4) is 0 Å². The van der Waals surface area contributed by atoms with Crippen molar-refractivity contribution in [1.82, 2.24) is 4.98 Å². The summed E-state index contributed by atoms with van der Waals surface area (Å²) in [7, 11) is 0. The van der Waals surface area contributed by atoms with Crippen LogP contribution in [-0.2, 0) is 0 Å². The molecule has 1 N–H and O–H groups in total. The van der Waals surface area contributed by atoms with Gasteiger partial charge in [0.05, 0.1) is 6.26 Å². The van der Waals surface area contributed by atoms with Crippen LogP contribution in [0.15, 0.2) is 48.3 Å². The Morgan fingerprint density at radius 3 is 2.75 bits per heavy atom. The highest BCUT2D eigenvalue weighted by Gasteiger charge is 2.09. The second-order valence-corrected chi connectivity index (χ2v) is 4.16. The lowest BCUT2D eigenvalue weighted by Gasteiger charge is -1.97. The van der Waals surface area contributed by atoms with E-state index in [1.807, 2.05) is 17.5 Å². The van der Waals surface area contributed by atoms with Crippen molar-refractivity contribution in [3.8, 4) is 11.1 Å². The van der Waals surface area contributed by atoms with Crippen molar-refractivity contribution >= 4 is 11.3 Å². The minimum Gasteiger partial charge on any atom is -0.516 e. The quantitative estimate of drug-likeness (QED) is 0.818. The number of aromatic nitrogens is 1. The molecule has 0 radical (unpaired) electrons. The Bertz CT molecular complexity index is 481. The number of aliphatic hydroxyl groups is 1. The molecule has 0 aliphatic heterocycles. The fourth-order valence-electron chi connectivity index (χ4n) is 1.36. The van der Waals surface area contributed by atoms with Crippen LogP contribution in [0.1, 0.15) is 11.0 Å². The lowest BCUT2D eigenvalue weighted by Crippen LogP contribution is -1.81. The van der Waals surface area contributed by atoms with Gasteiger partial charge >= 0.3 is 0 Å². The largest absolute Gasteiger partial charge is 0.516 e. The summed E-state index contributed by atoms with van der Waals surface area (Å²) in [5.74, 6) is 0. The molecule has 0 bridgehead atoms. The monoisotopic (exact) mass is 235 g/mol. The summed E-state index contributed by atoms with van der Waals surface area (Å²) < 4.78 is 13.4. The maximum atomic E-state index is 13.4. The number of nitrogens with zero attached hydrogens (tertiary/aromatic N) is 1. The van der Waals surface area contributed by atoms with Crippen molar-refractivity contribution in [2.24, 2.45) is 0 Å². The van der Waals surface area contributed by atoms with E-state index in [-0.39, 0.29) is 0 Å². The van der Waals surface area contributed by atoms with Gasteiger partial charge in [-0.2, -0.15) is 0 Å². The maximum absolute atomic E-state index is 13.4. The molecular formula is C12H10FNOS. The van der Waals surface area contributed by atoms with E-state index in [2.05, 4.69) is 4.98 Å². The molecule has 2 nitrogen and oxygen atoms in total. The Hall–Kier alpha value is -1.68. The third-order valence-electron chi connectivity index (χ3n) is 2.16. The van der Waals surface area contributed by atoms with Crippen molar-refractivity contribution in [3.63, 3.8) is 0 Å². The first-order valence-electron chi connectivity index (χ1n) is 4.75. The van der Waals surface area contributed by atoms with Crippen molar-refractivity contribution in [3.05, 3.63) is 53.2 Å². The zero-order valence-electron chi connectivity index (χ0n) is 8.38. The number of alkyl halides is 1. The zero-order valence-corrected chi connectivity index (χ0v) is 9.19. The summed E-state index contributed by atoms with van der Waals surface area (Å²) in [5.41, 5.74) is 1.98. The Kier molecular flexibility index (Phi) is 3.31. The molecule has 0 saturated heterocycles. The minimum atomic E-state index is -1.24. The van der Waals surface area contributed by atoms with Crippen LogP contribution < -0.4 is 0 Å². The first-order chi connectivity index (χ1) is 7.81. The van der Waals surface area contributed by atoms with E-state index in [0.717, 1.165) is 23.5 Å². The molecule has 1 atom stereocenters. The average molecular weight is 235 g/mol. The van der Waals surface area contributed by atoms with Gasteiger partial charge in [0.25, 0.3) is 0 Å². The van der Waals surface area contributed by atoms with Crippen LogP contribution in [0.5, 0.6) is 0 Å². The van der Waals surface area contributed by atoms with Crippen LogP contribution in [0, 0.1) is 0 Å². The number of pyridine rings is 1. The molecule has 0 aliphatic rings. The molecule has 0 saturated carbocycles. The third-order valence-corrected chi connectivity index (χ3v) is 3.15. The van der Waals surface area contributed by atoms with Crippen molar-refractivity contribution < 1.29 is 9.50 Å². The van der Waals surface area contributed by atoms with Gasteiger partial charge in [0.1, 0.15) is 0 Å². The van der Waals surface area contributed by atoms with Crippen LogP contribution >= 0.6 is 11.3 Å². The maximum Gasteiger partial charge on any atom is 0.156 e. The second-order valence-electron chi connectivity index (χ2n) is 3.22. The van der Waals surface area contributed by atoms with Crippen molar-refractivity contribution in [2.45, 2.75) is 6.17 Å². The Morgan fingerprint density at radius 2 is 2.06 bits per heavy atom. The second kappa shape index (κ2) is 4.90. The lowest BCUT2D eigenvalue weighted by molar-refractivity contribution is 0.401. The van der Waals surface area contributed by atoms with Crippen LogP contribution in [0.25, 0.3) is 11.1 Å². The minimum absolute atomic E-state index is 0.581. The Balaban J connectivity index is 2.26. The Morgan fingerprint density at radius 1 is 1.31 bits per heavy atom. The van der Waals surface area contributed by atoms with Crippen LogP contribution in [0.2, 0.25) is 0 Å². The lowest BCUT2D eigenvalue weighted by atomic mass is 10.1. The molecule has 2 aromatic heterocycles. The number of halogens is 1. The SMILES string of the molecule is O/C=C\C(F)c1cc(-c2ccncc2)cs1. The van der Waals surface area contributed by atoms with Gasteiger partial charge in [-0.15, -0.1) is 11.3 Å². The summed E-state index contributed by atoms with van der Waals surface area (Å²) in [6.07, 6.45) is 4.00. The van der Waals surface area contributed by atoms with Crippen molar-refractivity contribution in [1.29, 1.82) is 0 Å². The zero-order chi connectivity index (χ0) is 11.4. The summed E-state index contributed by atoms with van der Waals surface area (Å²) in [6.45, 7) is 0. The van der Waals surface area contributed by atoms with Crippen molar-refractivity contribution in [2.75, 3.05) is 0 Å². The molecule has 16 heavy (non-hydrogen) atoms. The summed E-state index contributed by atoms with van der Waals surface area (Å²) in [5, 5.41) is 10.4. The molecule has 0 aliphatic carbocycles. The molecule has 2 heterocycles. The topological polar surface area (TPSA) is 33.1 Å². The first-order valence-corrected chi connectivity index (χ1v) is 5.63. The summed E-state index contributed by atoms with van der Waals surface area (Å²) in [4.78, 5) is 4.51. The predicted octanol–water partition coefficient (Wildman–Crippen LogP) is 3.89. The van der Waals surface area contributed by atoms with Gasteiger partial charge in [0.15, 0.2) is 6.17 Å². The summed E-state index contributed by atoms with van der Waals surface area (Å²) >= 11 is 1.33. The first kappa shape index (κ1) is 10.8. The molecular weight excluding hydrogens is 225 g/mol. The molecule has 82 valence electrons. The van der Waals surface area contributed by atoms with E-state index in [0.29, 0.717) is 4.88 Å². The molecule has 0 aromatic carbocycles. The van der Waals surface area contributed by atoms with Gasteiger partial charge < -0.3 is 5.11 Å². The Labute approximate surface area is 96.7 Å². The van der Waals surface area contributed by atoms with E-state index in [9.17, 15) is 4.39 Å². The van der Waals surface area contributed by atoms with Gasteiger partial charge in [-0.3, -0.25) is 4.98 Å². The number of allylic oxidation sites excluding steroid dienone is 1. The molecule has 0 amide bonds. The average Bonchev–Trinajstić information content (AvgIpc) is 2.80. The molecule has 0 spiro atoms. The van der Waals surface area contributed by atoms with Gasteiger partial charge in [0.2, 0.25) is 0 Å². The smallest absolute Gasteiger partial charge is 0.156 e. The van der Waals surface area contributed by atoms with Gasteiger partial charge in [-0.25, -0.2) is 4.39 Å². The normalized spacial score (nSPS) is 13.1. The van der Waals surface area contributed by atoms with Crippen LogP contribution in [-0.4, -0.2) is 10.1 Å². The number of hydrogen-bond donors (Lipinski definition) is 1. The number of hydrogen-bond acceptors (Lipinski definition) is 3. The van der Waals surface area contributed by atoms with Crippen LogP contribution in [0.4, 0.5) is 4.39 Å². The van der Waals surface area contributed by atoms with Gasteiger partial charge in [0, 0.05) is 17.3 Å². The third kappa shape index (κ3) is 2.28. The number of thiophene rings is 1. The number of aliphatic hydroxyl groups excluding tert-OH is 1. The van der Waals surface area contributed by atoms with E-state index < -0.39 is 6.17 Å². The highest BCUT2D eigenvalue weighted by atomic mass is 32.1. The van der Waals surface area contributed by atoms with E-state index >= 15 is 0 Å². The van der Waals surface area contributed by atoms with E-state index in [1.54, 1.807) is 18.5 Å². The molecule has 4 heteroatoms. The standard InChI is InChI=1S/C12H10FNOS/c13-11(3-6-15)12-7-10(8-16-12)9-1-4-14-5-2-9/h1-8,11,15H/b6-3-. The molecule has 2 rings (SSSR count). The predicted molar refractivity (Wildman–Crippen MR) is 63.2 cm³/mol. The highest BCUT2D eigenvalue weighted by molar-refractivity contribution is 7.10.